The summed E-state index contributed by atoms with van der Waals surface area (Å²) in [4.78, 5) is 27.2. The zero-order valence-corrected chi connectivity index (χ0v) is 15.3. The minimum Gasteiger partial charge on any atom is -0.330 e. The predicted molar refractivity (Wildman–Crippen MR) is 102 cm³/mol. The van der Waals surface area contributed by atoms with Crippen LogP contribution in [0, 0.1) is 0 Å². The van der Waals surface area contributed by atoms with Gasteiger partial charge < -0.3 is 4.90 Å². The molecule has 0 aliphatic carbocycles. The standard InChI is InChI=1S/C20H21N3O2S/c24-19-9-8-17(21-23(19)13-15-5-2-1-3-6-15)20(25)22-11-4-7-18(22)16-10-12-26-14-16/h1-3,5-6,10,12,14,18H,4,7-9,11,13H2/t18-/m1/s1. The quantitative estimate of drug-likeness (QED) is 0.829. The molecule has 4 rings (SSSR count). The highest BCUT2D eigenvalue weighted by Crippen LogP contribution is 2.33. The van der Waals surface area contributed by atoms with Crippen LogP contribution >= 0.6 is 11.3 Å². The van der Waals surface area contributed by atoms with E-state index < -0.39 is 0 Å². The van der Waals surface area contributed by atoms with Crippen LogP contribution in [0.2, 0.25) is 0 Å². The van der Waals surface area contributed by atoms with Crippen LogP contribution in [0.25, 0.3) is 0 Å². The number of benzene rings is 1. The molecule has 134 valence electrons. The number of carbonyl (C=O) groups excluding carboxylic acids is 2. The number of amides is 2. The van der Waals surface area contributed by atoms with E-state index in [0.29, 0.717) is 25.1 Å². The number of carbonyl (C=O) groups is 2. The molecular formula is C20H21N3O2S. The second-order valence-corrected chi connectivity index (χ2v) is 7.48. The summed E-state index contributed by atoms with van der Waals surface area (Å²) in [5.41, 5.74) is 2.72. The fourth-order valence-electron chi connectivity index (χ4n) is 3.62. The summed E-state index contributed by atoms with van der Waals surface area (Å²) in [6.07, 6.45) is 2.76. The van der Waals surface area contributed by atoms with Crippen molar-refractivity contribution >= 4 is 28.9 Å². The second kappa shape index (κ2) is 7.41. The van der Waals surface area contributed by atoms with Gasteiger partial charge in [-0.2, -0.15) is 16.4 Å². The Hall–Kier alpha value is -2.47. The normalized spacial score (nSPS) is 20.4. The van der Waals surface area contributed by atoms with E-state index in [1.807, 2.05) is 35.2 Å². The largest absolute Gasteiger partial charge is 0.330 e. The number of nitrogens with zero attached hydrogens (tertiary/aromatic N) is 3. The van der Waals surface area contributed by atoms with Crippen LogP contribution in [-0.4, -0.2) is 34.0 Å². The molecule has 0 bridgehead atoms. The lowest BCUT2D eigenvalue weighted by Crippen LogP contribution is -2.41. The van der Waals surface area contributed by atoms with Crippen molar-refractivity contribution in [2.45, 2.75) is 38.3 Å². The van der Waals surface area contributed by atoms with Crippen molar-refractivity contribution in [1.29, 1.82) is 0 Å². The van der Waals surface area contributed by atoms with Gasteiger partial charge in [-0.15, -0.1) is 0 Å². The van der Waals surface area contributed by atoms with Crippen LogP contribution in [0.5, 0.6) is 0 Å². The highest BCUT2D eigenvalue weighted by Gasteiger charge is 2.34. The molecule has 3 heterocycles. The molecule has 2 amide bonds. The molecule has 1 aromatic heterocycles. The summed E-state index contributed by atoms with van der Waals surface area (Å²) >= 11 is 1.66. The minimum absolute atomic E-state index is 0.0238. The average molecular weight is 367 g/mol. The lowest BCUT2D eigenvalue weighted by Gasteiger charge is -2.28. The van der Waals surface area contributed by atoms with Gasteiger partial charge in [0.25, 0.3) is 5.91 Å². The molecule has 2 aromatic rings. The van der Waals surface area contributed by atoms with E-state index in [4.69, 9.17) is 0 Å². The molecule has 0 spiro atoms. The number of rotatable bonds is 4. The van der Waals surface area contributed by atoms with Crippen molar-refractivity contribution in [3.05, 3.63) is 58.3 Å². The Balaban J connectivity index is 1.53. The molecule has 0 N–H and O–H groups in total. The van der Waals surface area contributed by atoms with Gasteiger partial charge in [0.05, 0.1) is 12.6 Å². The molecule has 0 radical (unpaired) electrons. The van der Waals surface area contributed by atoms with Crippen molar-refractivity contribution < 1.29 is 9.59 Å². The van der Waals surface area contributed by atoms with Crippen LogP contribution < -0.4 is 0 Å². The van der Waals surface area contributed by atoms with E-state index in [9.17, 15) is 9.59 Å². The van der Waals surface area contributed by atoms with Crippen LogP contribution in [0.4, 0.5) is 0 Å². The Morgan fingerprint density at radius 2 is 2.04 bits per heavy atom. The third-order valence-electron chi connectivity index (χ3n) is 4.97. The Labute approximate surface area is 156 Å². The van der Waals surface area contributed by atoms with Gasteiger partial charge in [0.15, 0.2) is 0 Å². The molecular weight excluding hydrogens is 346 g/mol. The molecule has 0 saturated carbocycles. The number of hydrogen-bond donors (Lipinski definition) is 0. The molecule has 0 unspecified atom stereocenters. The van der Waals surface area contributed by atoms with Gasteiger partial charge in [-0.3, -0.25) is 9.59 Å². The third kappa shape index (κ3) is 3.42. The van der Waals surface area contributed by atoms with E-state index in [1.54, 1.807) is 11.3 Å². The van der Waals surface area contributed by atoms with E-state index in [-0.39, 0.29) is 17.9 Å². The summed E-state index contributed by atoms with van der Waals surface area (Å²) in [5.74, 6) is -0.0505. The van der Waals surface area contributed by atoms with Gasteiger partial charge in [-0.05, 0) is 40.8 Å². The zero-order valence-electron chi connectivity index (χ0n) is 14.5. The maximum atomic E-state index is 13.1. The van der Waals surface area contributed by atoms with Crippen molar-refractivity contribution in [3.63, 3.8) is 0 Å². The smallest absolute Gasteiger partial charge is 0.270 e. The van der Waals surface area contributed by atoms with Crippen LogP contribution in [0.15, 0.2) is 52.3 Å². The van der Waals surface area contributed by atoms with Crippen molar-refractivity contribution in [1.82, 2.24) is 9.91 Å². The van der Waals surface area contributed by atoms with Gasteiger partial charge in [-0.25, -0.2) is 5.01 Å². The lowest BCUT2D eigenvalue weighted by atomic mass is 10.1. The summed E-state index contributed by atoms with van der Waals surface area (Å²) in [6, 6.07) is 12.0. The molecule has 1 atom stereocenters. The number of hydrogen-bond acceptors (Lipinski definition) is 4. The highest BCUT2D eigenvalue weighted by atomic mass is 32.1. The summed E-state index contributed by atoms with van der Waals surface area (Å²) in [7, 11) is 0. The summed E-state index contributed by atoms with van der Waals surface area (Å²) < 4.78 is 0. The fraction of sp³-hybridized carbons (Fsp3) is 0.350. The van der Waals surface area contributed by atoms with Crippen LogP contribution in [0.1, 0.15) is 42.9 Å². The molecule has 1 aromatic carbocycles. The zero-order chi connectivity index (χ0) is 17.9. The Morgan fingerprint density at radius 1 is 1.19 bits per heavy atom. The molecule has 5 nitrogen and oxygen atoms in total. The number of thiophene rings is 1. The van der Waals surface area contributed by atoms with Crippen molar-refractivity contribution in [3.8, 4) is 0 Å². The molecule has 2 aliphatic heterocycles. The first-order valence-electron chi connectivity index (χ1n) is 8.97. The summed E-state index contributed by atoms with van der Waals surface area (Å²) in [6.45, 7) is 1.16. The van der Waals surface area contributed by atoms with Crippen LogP contribution in [0.3, 0.4) is 0 Å². The molecule has 6 heteroatoms. The van der Waals surface area contributed by atoms with E-state index in [1.165, 1.54) is 10.6 Å². The Morgan fingerprint density at radius 3 is 2.81 bits per heavy atom. The number of hydrazone groups is 1. The lowest BCUT2D eigenvalue weighted by molar-refractivity contribution is -0.132. The maximum Gasteiger partial charge on any atom is 0.270 e. The van der Waals surface area contributed by atoms with E-state index in [0.717, 1.165) is 24.9 Å². The van der Waals surface area contributed by atoms with Crippen molar-refractivity contribution in [2.24, 2.45) is 5.10 Å². The predicted octanol–water partition coefficient (Wildman–Crippen LogP) is 3.59. The van der Waals surface area contributed by atoms with Gasteiger partial charge in [0.1, 0.15) is 5.71 Å². The summed E-state index contributed by atoms with van der Waals surface area (Å²) in [5, 5.41) is 10.0. The van der Waals surface area contributed by atoms with E-state index >= 15 is 0 Å². The fourth-order valence-corrected chi connectivity index (χ4v) is 4.33. The van der Waals surface area contributed by atoms with Gasteiger partial charge in [0.2, 0.25) is 5.91 Å². The van der Waals surface area contributed by atoms with Crippen LogP contribution in [-0.2, 0) is 16.1 Å². The first-order chi connectivity index (χ1) is 12.7. The second-order valence-electron chi connectivity index (χ2n) is 6.70. The highest BCUT2D eigenvalue weighted by molar-refractivity contribution is 7.08. The monoisotopic (exact) mass is 367 g/mol. The molecule has 1 fully saturated rings. The Bertz CT molecular complexity index is 817. The van der Waals surface area contributed by atoms with Gasteiger partial charge in [-0.1, -0.05) is 30.3 Å². The average Bonchev–Trinajstić information content (AvgIpc) is 3.35. The first-order valence-corrected chi connectivity index (χ1v) is 9.91. The maximum absolute atomic E-state index is 13.1. The van der Waals surface area contributed by atoms with Gasteiger partial charge in [0, 0.05) is 19.4 Å². The third-order valence-corrected chi connectivity index (χ3v) is 5.67. The number of likely N-dealkylation sites (tertiary alicyclic amines) is 1. The Kier molecular flexibility index (Phi) is 4.84. The first kappa shape index (κ1) is 17.0. The molecule has 1 saturated heterocycles. The SMILES string of the molecule is O=C1CCC(C(=O)N2CCC[C@@H]2c2ccsc2)=NN1Cc1ccccc1. The van der Waals surface area contributed by atoms with E-state index in [2.05, 4.69) is 21.9 Å². The minimum atomic E-state index is -0.0267. The molecule has 26 heavy (non-hydrogen) atoms. The molecule has 2 aliphatic rings. The topological polar surface area (TPSA) is 53.0 Å². The van der Waals surface area contributed by atoms with Crippen molar-refractivity contribution in [2.75, 3.05) is 6.54 Å². The van der Waals surface area contributed by atoms with Gasteiger partial charge >= 0.3 is 0 Å².